The first-order valence-corrected chi connectivity index (χ1v) is 10.5. The fraction of sp³-hybridized carbons (Fsp3) is 0.100. The lowest BCUT2D eigenvalue weighted by molar-refractivity contribution is -0.121. The molecule has 0 unspecified atom stereocenters. The molecule has 0 atom stereocenters. The average Bonchev–Trinajstić information content (AvgIpc) is 3.29. The quantitative estimate of drug-likeness (QED) is 0.425. The molecule has 3 aromatic rings. The summed E-state index contributed by atoms with van der Waals surface area (Å²) >= 11 is 3.60. The van der Waals surface area contributed by atoms with Gasteiger partial charge in [0.15, 0.2) is 5.13 Å². The minimum atomic E-state index is -0.297. The summed E-state index contributed by atoms with van der Waals surface area (Å²) in [5, 5.41) is 5.19. The Morgan fingerprint density at radius 2 is 1.64 bits per heavy atom. The summed E-state index contributed by atoms with van der Waals surface area (Å²) in [6.07, 6.45) is 0.460. The Hall–Kier alpha value is -2.59. The van der Waals surface area contributed by atoms with Crippen molar-refractivity contribution in [2.75, 3.05) is 10.2 Å². The molecule has 1 saturated heterocycles. The van der Waals surface area contributed by atoms with E-state index in [0.29, 0.717) is 16.4 Å². The van der Waals surface area contributed by atoms with Gasteiger partial charge in [-0.05, 0) is 59.0 Å². The molecule has 1 aromatic heterocycles. The number of thiazole rings is 1. The Bertz CT molecular complexity index is 1050. The van der Waals surface area contributed by atoms with Gasteiger partial charge >= 0.3 is 0 Å². The molecule has 0 radical (unpaired) electrons. The third-order valence-corrected chi connectivity index (χ3v) is 5.78. The first kappa shape index (κ1) is 18.8. The molecule has 28 heavy (non-hydrogen) atoms. The molecular weight excluding hydrogens is 489 g/mol. The zero-order chi connectivity index (χ0) is 19.7. The van der Waals surface area contributed by atoms with Crippen molar-refractivity contribution in [3.05, 3.63) is 63.0 Å². The van der Waals surface area contributed by atoms with Crippen LogP contribution in [0.5, 0.6) is 0 Å². The molecule has 0 saturated carbocycles. The van der Waals surface area contributed by atoms with Gasteiger partial charge in [0.2, 0.25) is 11.8 Å². The molecule has 8 heteroatoms. The highest BCUT2D eigenvalue weighted by Gasteiger charge is 2.30. The van der Waals surface area contributed by atoms with E-state index in [2.05, 4.69) is 32.9 Å². The lowest BCUT2D eigenvalue weighted by Crippen LogP contribution is -2.28. The average molecular weight is 503 g/mol. The van der Waals surface area contributed by atoms with Crippen LogP contribution in [0, 0.1) is 3.57 Å². The summed E-state index contributed by atoms with van der Waals surface area (Å²) in [6, 6.07) is 14.4. The molecule has 1 aliphatic heterocycles. The molecule has 1 fully saturated rings. The maximum atomic E-state index is 12.5. The van der Waals surface area contributed by atoms with Gasteiger partial charge in [-0.3, -0.25) is 24.6 Å². The van der Waals surface area contributed by atoms with Crippen molar-refractivity contribution in [3.63, 3.8) is 0 Å². The van der Waals surface area contributed by atoms with Gasteiger partial charge < -0.3 is 0 Å². The van der Waals surface area contributed by atoms with Gasteiger partial charge in [-0.25, -0.2) is 4.98 Å². The van der Waals surface area contributed by atoms with Crippen LogP contribution in [0.3, 0.4) is 0 Å². The first-order chi connectivity index (χ1) is 13.5. The molecule has 0 bridgehead atoms. The molecule has 1 aliphatic rings. The third-order valence-electron chi connectivity index (χ3n) is 4.30. The van der Waals surface area contributed by atoms with E-state index in [1.165, 1.54) is 11.3 Å². The standard InChI is InChI=1S/C20H14IN3O3S/c21-14-5-1-12(2-6-14)16-11-28-20(22-16)23-19(27)13-3-7-15(8-4-13)24-17(25)9-10-18(24)26/h1-8,11H,9-10H2,(H,22,23,27). The number of halogens is 1. The van der Waals surface area contributed by atoms with Crippen molar-refractivity contribution in [2.24, 2.45) is 0 Å². The lowest BCUT2D eigenvalue weighted by Gasteiger charge is -2.13. The zero-order valence-electron chi connectivity index (χ0n) is 14.5. The number of benzene rings is 2. The smallest absolute Gasteiger partial charge is 0.257 e. The van der Waals surface area contributed by atoms with Crippen LogP contribution in [0.1, 0.15) is 23.2 Å². The van der Waals surface area contributed by atoms with E-state index in [9.17, 15) is 14.4 Å². The maximum Gasteiger partial charge on any atom is 0.257 e. The fourth-order valence-corrected chi connectivity index (χ4v) is 3.95. The van der Waals surface area contributed by atoms with Crippen molar-refractivity contribution in [3.8, 4) is 11.3 Å². The van der Waals surface area contributed by atoms with E-state index in [1.807, 2.05) is 29.6 Å². The Labute approximate surface area is 178 Å². The van der Waals surface area contributed by atoms with E-state index in [0.717, 1.165) is 19.7 Å². The van der Waals surface area contributed by atoms with Gasteiger partial charge in [-0.2, -0.15) is 0 Å². The second-order valence-corrected chi connectivity index (χ2v) is 8.27. The van der Waals surface area contributed by atoms with E-state index in [-0.39, 0.29) is 30.6 Å². The van der Waals surface area contributed by atoms with Crippen molar-refractivity contribution in [1.29, 1.82) is 0 Å². The summed E-state index contributed by atoms with van der Waals surface area (Å²) in [5.74, 6) is -0.727. The van der Waals surface area contributed by atoms with Crippen molar-refractivity contribution >= 4 is 62.5 Å². The van der Waals surface area contributed by atoms with Crippen LogP contribution >= 0.6 is 33.9 Å². The van der Waals surface area contributed by atoms with Gasteiger partial charge in [0.25, 0.3) is 5.91 Å². The first-order valence-electron chi connectivity index (χ1n) is 8.50. The minimum Gasteiger partial charge on any atom is -0.298 e. The highest BCUT2D eigenvalue weighted by Crippen LogP contribution is 2.26. The summed E-state index contributed by atoms with van der Waals surface area (Å²) in [5.41, 5.74) is 2.70. The van der Waals surface area contributed by atoms with Gasteiger partial charge in [-0.1, -0.05) is 12.1 Å². The predicted octanol–water partition coefficient (Wildman–Crippen LogP) is 4.32. The zero-order valence-corrected chi connectivity index (χ0v) is 17.5. The summed E-state index contributed by atoms with van der Waals surface area (Å²) in [4.78, 5) is 41.7. The number of hydrogen-bond donors (Lipinski definition) is 1. The summed E-state index contributed by atoms with van der Waals surface area (Å²) in [6.45, 7) is 0. The number of carbonyl (C=O) groups is 3. The van der Waals surface area contributed by atoms with E-state index < -0.39 is 0 Å². The number of aromatic nitrogens is 1. The van der Waals surface area contributed by atoms with Gasteiger partial charge in [-0.15, -0.1) is 11.3 Å². The van der Waals surface area contributed by atoms with Crippen LogP contribution < -0.4 is 10.2 Å². The maximum absolute atomic E-state index is 12.5. The predicted molar refractivity (Wildman–Crippen MR) is 116 cm³/mol. The number of nitrogens with zero attached hydrogens (tertiary/aromatic N) is 2. The van der Waals surface area contributed by atoms with Crippen LogP contribution in [-0.2, 0) is 9.59 Å². The van der Waals surface area contributed by atoms with Crippen molar-refractivity contribution in [1.82, 2.24) is 4.98 Å². The van der Waals surface area contributed by atoms with Crippen molar-refractivity contribution in [2.45, 2.75) is 12.8 Å². The molecule has 0 spiro atoms. The highest BCUT2D eigenvalue weighted by molar-refractivity contribution is 14.1. The molecule has 3 amide bonds. The van der Waals surface area contributed by atoms with Crippen LogP contribution in [0.4, 0.5) is 10.8 Å². The molecule has 6 nitrogen and oxygen atoms in total. The van der Waals surface area contributed by atoms with E-state index >= 15 is 0 Å². The number of imide groups is 1. The molecule has 2 aromatic carbocycles. The second-order valence-electron chi connectivity index (χ2n) is 6.17. The van der Waals surface area contributed by atoms with E-state index in [4.69, 9.17) is 0 Å². The fourth-order valence-electron chi connectivity index (χ4n) is 2.88. The number of carbonyl (C=O) groups excluding carboxylic acids is 3. The van der Waals surface area contributed by atoms with Gasteiger partial charge in [0.05, 0.1) is 11.4 Å². The summed E-state index contributed by atoms with van der Waals surface area (Å²) < 4.78 is 1.14. The molecule has 1 N–H and O–H groups in total. The number of amides is 3. The third kappa shape index (κ3) is 3.83. The monoisotopic (exact) mass is 503 g/mol. The SMILES string of the molecule is O=C(Nc1nc(-c2ccc(I)cc2)cs1)c1ccc(N2C(=O)CCC2=O)cc1. The van der Waals surface area contributed by atoms with Gasteiger partial charge in [0.1, 0.15) is 0 Å². The molecular formula is C20H14IN3O3S. The molecule has 4 rings (SSSR count). The topological polar surface area (TPSA) is 79.4 Å². The summed E-state index contributed by atoms with van der Waals surface area (Å²) in [7, 11) is 0. The largest absolute Gasteiger partial charge is 0.298 e. The number of anilines is 2. The Kier molecular flexibility index (Phi) is 5.23. The Morgan fingerprint density at radius 1 is 1.00 bits per heavy atom. The normalized spacial score (nSPS) is 13.8. The lowest BCUT2D eigenvalue weighted by atomic mass is 10.2. The van der Waals surface area contributed by atoms with Crippen LogP contribution in [-0.4, -0.2) is 22.7 Å². The molecule has 140 valence electrons. The number of hydrogen-bond acceptors (Lipinski definition) is 5. The van der Waals surface area contributed by atoms with Crippen LogP contribution in [0.25, 0.3) is 11.3 Å². The number of nitrogens with one attached hydrogen (secondary N) is 1. The Morgan fingerprint density at radius 3 is 2.29 bits per heavy atom. The number of rotatable bonds is 4. The highest BCUT2D eigenvalue weighted by atomic mass is 127. The molecule has 0 aliphatic carbocycles. The van der Waals surface area contributed by atoms with Crippen LogP contribution in [0.2, 0.25) is 0 Å². The Balaban J connectivity index is 1.46. The molecule has 2 heterocycles. The van der Waals surface area contributed by atoms with Crippen molar-refractivity contribution < 1.29 is 14.4 Å². The van der Waals surface area contributed by atoms with Crippen LogP contribution in [0.15, 0.2) is 53.9 Å². The van der Waals surface area contributed by atoms with Gasteiger partial charge in [0, 0.05) is 32.9 Å². The van der Waals surface area contributed by atoms with E-state index in [1.54, 1.807) is 24.3 Å². The minimum absolute atomic E-state index is 0.215. The second kappa shape index (κ2) is 7.80.